The van der Waals surface area contributed by atoms with E-state index in [0.29, 0.717) is 30.2 Å². The van der Waals surface area contributed by atoms with E-state index in [1.54, 1.807) is 42.3 Å². The van der Waals surface area contributed by atoms with Gasteiger partial charge in [-0.3, -0.25) is 9.48 Å². The third kappa shape index (κ3) is 4.27. The Morgan fingerprint density at radius 3 is 3.05 bits per heavy atom. The standard InChI is InChI=1S/C13H17N5O2/c1-18-9-16-12(17-18)5-6-15-13(19)8-20-11-4-2-3-10(14)7-11/h2-4,7,9H,5-6,8,14H2,1H3,(H,15,19). The molecule has 2 rings (SSSR count). The van der Waals surface area contributed by atoms with E-state index in [1.165, 1.54) is 0 Å². The van der Waals surface area contributed by atoms with Crippen molar-refractivity contribution in [1.29, 1.82) is 0 Å². The van der Waals surface area contributed by atoms with E-state index in [2.05, 4.69) is 15.4 Å². The number of ether oxygens (including phenoxy) is 1. The van der Waals surface area contributed by atoms with E-state index in [4.69, 9.17) is 10.5 Å². The minimum Gasteiger partial charge on any atom is -0.484 e. The van der Waals surface area contributed by atoms with Crippen LogP contribution >= 0.6 is 0 Å². The molecule has 0 spiro atoms. The summed E-state index contributed by atoms with van der Waals surface area (Å²) in [6.07, 6.45) is 2.21. The SMILES string of the molecule is Cn1cnc(CCNC(=O)COc2cccc(N)c2)n1. The highest BCUT2D eigenvalue weighted by molar-refractivity contribution is 5.77. The van der Waals surface area contributed by atoms with Crippen molar-refractivity contribution in [2.75, 3.05) is 18.9 Å². The Kier molecular flexibility index (Phi) is 4.54. The molecule has 0 saturated carbocycles. The molecule has 1 aromatic heterocycles. The molecule has 106 valence electrons. The molecule has 0 aliphatic heterocycles. The van der Waals surface area contributed by atoms with Crippen molar-refractivity contribution in [2.45, 2.75) is 6.42 Å². The lowest BCUT2D eigenvalue weighted by atomic mass is 10.3. The highest BCUT2D eigenvalue weighted by atomic mass is 16.5. The first-order valence-electron chi connectivity index (χ1n) is 6.23. The summed E-state index contributed by atoms with van der Waals surface area (Å²) in [7, 11) is 1.80. The van der Waals surface area contributed by atoms with Crippen LogP contribution in [-0.4, -0.2) is 33.8 Å². The molecule has 0 aliphatic carbocycles. The van der Waals surface area contributed by atoms with Gasteiger partial charge in [0.25, 0.3) is 5.91 Å². The molecule has 1 heterocycles. The molecule has 1 amide bonds. The summed E-state index contributed by atoms with van der Waals surface area (Å²) >= 11 is 0. The van der Waals surface area contributed by atoms with Gasteiger partial charge in [0.2, 0.25) is 0 Å². The third-order valence-corrected chi connectivity index (χ3v) is 2.55. The molecule has 0 bridgehead atoms. The predicted octanol–water partition coefficient (Wildman–Crippen LogP) is 0.135. The molecule has 0 unspecified atom stereocenters. The quantitative estimate of drug-likeness (QED) is 0.731. The number of nitrogens with zero attached hydrogens (tertiary/aromatic N) is 3. The summed E-state index contributed by atoms with van der Waals surface area (Å²) in [5, 5.41) is 6.86. The van der Waals surface area contributed by atoms with Crippen LogP contribution in [0.25, 0.3) is 0 Å². The lowest BCUT2D eigenvalue weighted by Crippen LogP contribution is -2.30. The normalized spacial score (nSPS) is 10.2. The number of aryl methyl sites for hydroxylation is 1. The summed E-state index contributed by atoms with van der Waals surface area (Å²) in [5.74, 6) is 1.08. The Bertz CT molecular complexity index is 582. The fourth-order valence-electron chi connectivity index (χ4n) is 1.62. The van der Waals surface area contributed by atoms with Gasteiger partial charge in [0.15, 0.2) is 12.4 Å². The summed E-state index contributed by atoms with van der Waals surface area (Å²) < 4.78 is 6.95. The van der Waals surface area contributed by atoms with Gasteiger partial charge in [0.1, 0.15) is 12.1 Å². The average Bonchev–Trinajstić information content (AvgIpc) is 2.82. The number of amides is 1. The highest BCUT2D eigenvalue weighted by Crippen LogP contribution is 2.13. The number of aromatic nitrogens is 3. The molecular weight excluding hydrogens is 258 g/mol. The first-order chi connectivity index (χ1) is 9.63. The maximum atomic E-state index is 11.6. The van der Waals surface area contributed by atoms with Gasteiger partial charge in [-0.2, -0.15) is 5.10 Å². The van der Waals surface area contributed by atoms with Crippen LogP contribution in [0.5, 0.6) is 5.75 Å². The van der Waals surface area contributed by atoms with E-state index in [9.17, 15) is 4.79 Å². The van der Waals surface area contributed by atoms with Gasteiger partial charge in [-0.1, -0.05) is 6.07 Å². The highest BCUT2D eigenvalue weighted by Gasteiger charge is 2.04. The Hall–Kier alpha value is -2.57. The van der Waals surface area contributed by atoms with Crippen LogP contribution in [0.15, 0.2) is 30.6 Å². The van der Waals surface area contributed by atoms with Crippen LogP contribution in [-0.2, 0) is 18.3 Å². The average molecular weight is 275 g/mol. The second-order valence-corrected chi connectivity index (χ2v) is 4.30. The predicted molar refractivity (Wildman–Crippen MR) is 74.1 cm³/mol. The van der Waals surface area contributed by atoms with Crippen molar-refractivity contribution in [3.05, 3.63) is 36.4 Å². The van der Waals surface area contributed by atoms with E-state index in [0.717, 1.165) is 0 Å². The largest absolute Gasteiger partial charge is 0.484 e. The fraction of sp³-hybridized carbons (Fsp3) is 0.308. The van der Waals surface area contributed by atoms with Crippen LogP contribution in [0.3, 0.4) is 0 Å². The van der Waals surface area contributed by atoms with Gasteiger partial charge in [-0.25, -0.2) is 4.98 Å². The van der Waals surface area contributed by atoms with Crippen LogP contribution in [0, 0.1) is 0 Å². The Labute approximate surface area is 116 Å². The van der Waals surface area contributed by atoms with Crippen LogP contribution in [0.4, 0.5) is 5.69 Å². The van der Waals surface area contributed by atoms with Gasteiger partial charge in [0.05, 0.1) is 0 Å². The first-order valence-corrected chi connectivity index (χ1v) is 6.23. The number of carbonyl (C=O) groups is 1. The summed E-state index contributed by atoms with van der Waals surface area (Å²) in [6.45, 7) is 0.433. The maximum absolute atomic E-state index is 11.6. The first kappa shape index (κ1) is 13.9. The van der Waals surface area contributed by atoms with Crippen molar-refractivity contribution in [3.63, 3.8) is 0 Å². The molecule has 0 aliphatic rings. The van der Waals surface area contributed by atoms with Crippen molar-refractivity contribution >= 4 is 11.6 Å². The number of anilines is 1. The summed E-state index contributed by atoms with van der Waals surface area (Å²) in [5.41, 5.74) is 6.22. The molecule has 7 heteroatoms. The van der Waals surface area contributed by atoms with Gasteiger partial charge >= 0.3 is 0 Å². The number of hydrogen-bond donors (Lipinski definition) is 2. The molecule has 0 fully saturated rings. The van der Waals surface area contributed by atoms with E-state index >= 15 is 0 Å². The number of hydrogen-bond acceptors (Lipinski definition) is 5. The molecule has 2 aromatic rings. The number of rotatable bonds is 6. The number of nitrogens with one attached hydrogen (secondary N) is 1. The van der Waals surface area contributed by atoms with Gasteiger partial charge in [-0.05, 0) is 12.1 Å². The minimum absolute atomic E-state index is 0.0426. The molecule has 7 nitrogen and oxygen atoms in total. The second-order valence-electron chi connectivity index (χ2n) is 4.30. The Balaban J connectivity index is 1.68. The second kappa shape index (κ2) is 6.55. The van der Waals surface area contributed by atoms with Gasteiger partial charge < -0.3 is 15.8 Å². The topological polar surface area (TPSA) is 95.1 Å². The lowest BCUT2D eigenvalue weighted by Gasteiger charge is -2.07. The third-order valence-electron chi connectivity index (χ3n) is 2.55. The monoisotopic (exact) mass is 275 g/mol. The van der Waals surface area contributed by atoms with Crippen molar-refractivity contribution in [3.8, 4) is 5.75 Å². The fourth-order valence-corrected chi connectivity index (χ4v) is 1.62. The number of nitrogens with two attached hydrogens (primary N) is 1. The Morgan fingerprint density at radius 2 is 2.35 bits per heavy atom. The number of nitrogen functional groups attached to an aromatic ring is 1. The molecule has 20 heavy (non-hydrogen) atoms. The van der Waals surface area contributed by atoms with E-state index in [-0.39, 0.29) is 12.5 Å². The molecule has 0 saturated heterocycles. The van der Waals surface area contributed by atoms with Crippen LogP contribution in [0.2, 0.25) is 0 Å². The molecule has 3 N–H and O–H groups in total. The van der Waals surface area contributed by atoms with E-state index < -0.39 is 0 Å². The smallest absolute Gasteiger partial charge is 0.257 e. The van der Waals surface area contributed by atoms with Crippen molar-refractivity contribution in [1.82, 2.24) is 20.1 Å². The van der Waals surface area contributed by atoms with Crippen LogP contribution < -0.4 is 15.8 Å². The zero-order valence-corrected chi connectivity index (χ0v) is 11.2. The van der Waals surface area contributed by atoms with Gasteiger partial charge in [-0.15, -0.1) is 0 Å². The summed E-state index contributed by atoms with van der Waals surface area (Å²) in [4.78, 5) is 15.7. The molecule has 0 radical (unpaired) electrons. The van der Waals surface area contributed by atoms with Crippen LogP contribution in [0.1, 0.15) is 5.82 Å². The van der Waals surface area contributed by atoms with Gasteiger partial charge in [0, 0.05) is 31.8 Å². The maximum Gasteiger partial charge on any atom is 0.257 e. The number of carbonyl (C=O) groups excluding carboxylic acids is 1. The molecule has 0 atom stereocenters. The Morgan fingerprint density at radius 1 is 1.50 bits per heavy atom. The molecular formula is C13H17N5O2. The zero-order valence-electron chi connectivity index (χ0n) is 11.2. The van der Waals surface area contributed by atoms with Crippen molar-refractivity contribution in [2.24, 2.45) is 7.05 Å². The lowest BCUT2D eigenvalue weighted by molar-refractivity contribution is -0.123. The summed E-state index contributed by atoms with van der Waals surface area (Å²) in [6, 6.07) is 6.95. The number of benzene rings is 1. The minimum atomic E-state index is -0.191. The van der Waals surface area contributed by atoms with E-state index in [1.807, 2.05) is 0 Å². The van der Waals surface area contributed by atoms with Crippen molar-refractivity contribution < 1.29 is 9.53 Å². The zero-order chi connectivity index (χ0) is 14.4. The molecule has 1 aromatic carbocycles.